The smallest absolute Gasteiger partial charge is 0.181 e. The quantitative estimate of drug-likeness (QED) is 0.662. The molecule has 0 atom stereocenters. The first-order chi connectivity index (χ1) is 6.77. The molecule has 0 unspecified atom stereocenters. The van der Waals surface area contributed by atoms with E-state index in [0.29, 0.717) is 5.92 Å². The Balaban J connectivity index is 2.40. The van der Waals surface area contributed by atoms with Crippen LogP contribution in [0, 0.1) is 6.92 Å². The highest BCUT2D eigenvalue weighted by Crippen LogP contribution is 2.33. The molecule has 14 heavy (non-hydrogen) atoms. The van der Waals surface area contributed by atoms with Gasteiger partial charge in [-0.05, 0) is 42.9 Å². The van der Waals surface area contributed by atoms with E-state index < -0.39 is 0 Å². The van der Waals surface area contributed by atoms with Gasteiger partial charge in [-0.15, -0.1) is 0 Å². The van der Waals surface area contributed by atoms with Crippen molar-refractivity contribution in [3.05, 3.63) is 45.6 Å². The fraction of sp³-hybridized carbons (Fsp3) is 0.462. The van der Waals surface area contributed by atoms with Gasteiger partial charge in [-0.3, -0.25) is 4.79 Å². The first-order valence-corrected chi connectivity index (χ1v) is 5.38. The third-order valence-corrected chi connectivity index (χ3v) is 3.13. The molecule has 0 spiro atoms. The predicted octanol–water partition coefficient (Wildman–Crippen LogP) is 3.01. The van der Waals surface area contributed by atoms with Gasteiger partial charge in [0.05, 0.1) is 0 Å². The predicted molar refractivity (Wildman–Crippen MR) is 58.7 cm³/mol. The molecule has 0 aliphatic heterocycles. The van der Waals surface area contributed by atoms with E-state index in [1.807, 2.05) is 13.0 Å². The second-order valence-electron chi connectivity index (χ2n) is 4.20. The lowest BCUT2D eigenvalue weighted by Crippen LogP contribution is -1.98. The van der Waals surface area contributed by atoms with Gasteiger partial charge >= 0.3 is 0 Å². The van der Waals surface area contributed by atoms with Gasteiger partial charge in [0.15, 0.2) is 5.43 Å². The first kappa shape index (κ1) is 9.45. The molecule has 1 aromatic carbocycles. The zero-order valence-corrected chi connectivity index (χ0v) is 8.62. The van der Waals surface area contributed by atoms with Crippen LogP contribution in [0.5, 0.6) is 0 Å². The van der Waals surface area contributed by atoms with Crippen LogP contribution in [0.1, 0.15) is 42.7 Å². The maximum absolute atomic E-state index is 11.4. The average Bonchev–Trinajstić information content (AvgIpc) is 2.63. The van der Waals surface area contributed by atoms with Gasteiger partial charge in [0.25, 0.3) is 0 Å². The monoisotopic (exact) mass is 188 g/mol. The second kappa shape index (κ2) is 3.95. The van der Waals surface area contributed by atoms with Gasteiger partial charge in [-0.25, -0.2) is 0 Å². The van der Waals surface area contributed by atoms with E-state index in [1.165, 1.54) is 31.2 Å². The zero-order chi connectivity index (χ0) is 9.97. The normalized spacial score (nSPS) is 17.2. The summed E-state index contributed by atoms with van der Waals surface area (Å²) in [6.07, 6.45) is 5.26. The van der Waals surface area contributed by atoms with Gasteiger partial charge in [0.2, 0.25) is 0 Å². The Kier molecular flexibility index (Phi) is 2.67. The van der Waals surface area contributed by atoms with Crippen LogP contribution in [0.3, 0.4) is 0 Å². The van der Waals surface area contributed by atoms with Crippen molar-refractivity contribution in [2.75, 3.05) is 0 Å². The van der Waals surface area contributed by atoms with Gasteiger partial charge in [-0.2, -0.15) is 0 Å². The molecule has 74 valence electrons. The molecule has 1 nitrogen and oxygen atoms in total. The van der Waals surface area contributed by atoms with Crippen LogP contribution in [-0.2, 0) is 0 Å². The van der Waals surface area contributed by atoms with E-state index in [-0.39, 0.29) is 5.43 Å². The minimum atomic E-state index is 0.147. The number of aryl methyl sites for hydroxylation is 1. The van der Waals surface area contributed by atoms with Gasteiger partial charge in [0.1, 0.15) is 0 Å². The maximum atomic E-state index is 11.4. The number of rotatable bonds is 1. The Hall–Kier alpha value is -1.11. The molecule has 0 N–H and O–H groups in total. The van der Waals surface area contributed by atoms with E-state index in [4.69, 9.17) is 0 Å². The Morgan fingerprint density at radius 2 is 1.93 bits per heavy atom. The molecule has 0 bridgehead atoms. The molecule has 1 saturated carbocycles. The van der Waals surface area contributed by atoms with E-state index in [2.05, 4.69) is 12.1 Å². The summed E-state index contributed by atoms with van der Waals surface area (Å²) < 4.78 is 0. The van der Waals surface area contributed by atoms with Crippen LogP contribution in [-0.4, -0.2) is 0 Å². The average molecular weight is 188 g/mol. The molecular formula is C13H16O. The van der Waals surface area contributed by atoms with Crippen molar-refractivity contribution in [2.24, 2.45) is 0 Å². The van der Waals surface area contributed by atoms with Gasteiger partial charge in [0, 0.05) is 0 Å². The Morgan fingerprint density at radius 1 is 1.21 bits per heavy atom. The van der Waals surface area contributed by atoms with Crippen molar-refractivity contribution in [2.45, 2.75) is 38.5 Å². The molecule has 1 aromatic rings. The Morgan fingerprint density at radius 3 is 2.64 bits per heavy atom. The summed E-state index contributed by atoms with van der Waals surface area (Å²) in [5, 5.41) is 0. The lowest BCUT2D eigenvalue weighted by molar-refractivity contribution is 0.723. The number of hydrogen-bond donors (Lipinski definition) is 0. The highest BCUT2D eigenvalue weighted by Gasteiger charge is 2.16. The summed E-state index contributed by atoms with van der Waals surface area (Å²) in [7, 11) is 0. The second-order valence-corrected chi connectivity index (χ2v) is 4.20. The first-order valence-electron chi connectivity index (χ1n) is 5.38. The highest BCUT2D eigenvalue weighted by atomic mass is 16.1. The van der Waals surface area contributed by atoms with Crippen LogP contribution in [0.2, 0.25) is 0 Å². The standard InChI is InChI=1S/C13H16O/c1-10-9-12(7-4-8-13(10)14)11-5-2-3-6-11/h4,7-9,11H,2-3,5-6H2,1H3. The Bertz CT molecular complexity index is 375. The van der Waals surface area contributed by atoms with E-state index in [1.54, 1.807) is 6.07 Å². The molecule has 1 fully saturated rings. The molecule has 1 heteroatoms. The van der Waals surface area contributed by atoms with E-state index in [0.717, 1.165) is 5.56 Å². The molecule has 0 heterocycles. The maximum Gasteiger partial charge on any atom is 0.181 e. The molecule has 0 saturated heterocycles. The summed E-state index contributed by atoms with van der Waals surface area (Å²) in [6, 6.07) is 7.72. The fourth-order valence-corrected chi connectivity index (χ4v) is 2.26. The summed E-state index contributed by atoms with van der Waals surface area (Å²) in [5.74, 6) is 0.695. The van der Waals surface area contributed by atoms with Crippen molar-refractivity contribution < 1.29 is 0 Å². The van der Waals surface area contributed by atoms with E-state index >= 15 is 0 Å². The lowest BCUT2D eigenvalue weighted by Gasteiger charge is -2.06. The zero-order valence-electron chi connectivity index (χ0n) is 8.62. The summed E-state index contributed by atoms with van der Waals surface area (Å²) in [6.45, 7) is 1.90. The molecule has 0 aromatic heterocycles. The molecular weight excluding hydrogens is 172 g/mol. The van der Waals surface area contributed by atoms with Crippen LogP contribution in [0.15, 0.2) is 29.1 Å². The lowest BCUT2D eigenvalue weighted by atomic mass is 9.99. The molecule has 2 rings (SSSR count). The summed E-state index contributed by atoms with van der Waals surface area (Å²) in [4.78, 5) is 11.4. The topological polar surface area (TPSA) is 17.1 Å². The molecule has 0 radical (unpaired) electrons. The van der Waals surface area contributed by atoms with Crippen LogP contribution < -0.4 is 5.43 Å². The molecule has 1 aliphatic rings. The third-order valence-electron chi connectivity index (χ3n) is 3.13. The summed E-state index contributed by atoms with van der Waals surface area (Å²) in [5.41, 5.74) is 2.37. The minimum Gasteiger partial charge on any atom is -0.290 e. The Labute approximate surface area is 84.8 Å². The van der Waals surface area contributed by atoms with Crippen LogP contribution in [0.4, 0.5) is 0 Å². The highest BCUT2D eigenvalue weighted by molar-refractivity contribution is 5.24. The van der Waals surface area contributed by atoms with Crippen molar-refractivity contribution in [1.82, 2.24) is 0 Å². The number of hydrogen-bond acceptors (Lipinski definition) is 1. The van der Waals surface area contributed by atoms with Crippen molar-refractivity contribution in [3.8, 4) is 0 Å². The van der Waals surface area contributed by atoms with Crippen molar-refractivity contribution in [3.63, 3.8) is 0 Å². The molecule has 1 aliphatic carbocycles. The van der Waals surface area contributed by atoms with Gasteiger partial charge < -0.3 is 0 Å². The van der Waals surface area contributed by atoms with E-state index in [9.17, 15) is 4.79 Å². The minimum absolute atomic E-state index is 0.147. The fourth-order valence-electron chi connectivity index (χ4n) is 2.26. The molecule has 0 amide bonds. The largest absolute Gasteiger partial charge is 0.290 e. The SMILES string of the molecule is Cc1cc(C2CCCC2)cccc1=O. The summed E-state index contributed by atoms with van der Waals surface area (Å²) >= 11 is 0. The van der Waals surface area contributed by atoms with Crippen LogP contribution in [0.25, 0.3) is 0 Å². The third kappa shape index (κ3) is 1.87. The van der Waals surface area contributed by atoms with Crippen LogP contribution >= 0.6 is 0 Å². The van der Waals surface area contributed by atoms with Gasteiger partial charge in [-0.1, -0.05) is 31.0 Å². The van der Waals surface area contributed by atoms with Crippen molar-refractivity contribution >= 4 is 0 Å². The van der Waals surface area contributed by atoms with Crippen molar-refractivity contribution in [1.29, 1.82) is 0 Å².